The smallest absolute Gasteiger partial charge is 0.120 e. The Morgan fingerprint density at radius 3 is 2.19 bits per heavy atom. The third-order valence-corrected chi connectivity index (χ3v) is 7.32. The summed E-state index contributed by atoms with van der Waals surface area (Å²) in [5.41, 5.74) is 7.81. The largest absolute Gasteiger partial charge is 0.501 e. The predicted octanol–water partition coefficient (Wildman–Crippen LogP) is 10.3. The number of hydrogen-bond acceptors (Lipinski definition) is 3. The molecule has 0 fully saturated rings. The second-order valence-corrected chi connectivity index (χ2v) is 10.3. The van der Waals surface area contributed by atoms with Gasteiger partial charge in [0.15, 0.2) is 0 Å². The van der Waals surface area contributed by atoms with Gasteiger partial charge in [0.05, 0.1) is 5.58 Å². The summed E-state index contributed by atoms with van der Waals surface area (Å²) < 4.78 is 23.1. The Morgan fingerprint density at radius 2 is 1.40 bits per heavy atom. The molecule has 1 radical (unpaired) electrons. The number of benzene rings is 4. The molecule has 3 heterocycles. The second kappa shape index (κ2) is 13.7. The molecular formula is C39H32IrN2O-2. The van der Waals surface area contributed by atoms with Gasteiger partial charge < -0.3 is 14.4 Å². The minimum absolute atomic E-state index is 0. The summed E-state index contributed by atoms with van der Waals surface area (Å²) >= 11 is 0. The van der Waals surface area contributed by atoms with Crippen LogP contribution in [0.4, 0.5) is 0 Å². The summed E-state index contributed by atoms with van der Waals surface area (Å²) in [4.78, 5) is 8.87. The third-order valence-electron chi connectivity index (χ3n) is 7.32. The van der Waals surface area contributed by atoms with Crippen LogP contribution in [0.3, 0.4) is 0 Å². The van der Waals surface area contributed by atoms with Crippen LogP contribution in [0.2, 0.25) is 0 Å². The summed E-state index contributed by atoms with van der Waals surface area (Å²) in [6.07, 6.45) is 3.51. The first-order chi connectivity index (χ1) is 21.2. The van der Waals surface area contributed by atoms with Crippen molar-refractivity contribution in [2.24, 2.45) is 0 Å². The molecule has 4 heteroatoms. The zero-order valence-electron chi connectivity index (χ0n) is 26.3. The Bertz CT molecular complexity index is 2030. The van der Waals surface area contributed by atoms with Crippen molar-refractivity contribution in [2.75, 3.05) is 0 Å². The molecule has 0 aliphatic rings. The Balaban J connectivity index is 0.000000175. The normalized spacial score (nSPS) is 13.2. The summed E-state index contributed by atoms with van der Waals surface area (Å²) in [7, 11) is 0. The van der Waals surface area contributed by atoms with Gasteiger partial charge in [0.25, 0.3) is 0 Å². The van der Waals surface area contributed by atoms with Crippen LogP contribution in [0.1, 0.15) is 52.0 Å². The van der Waals surface area contributed by atoms with E-state index in [9.17, 15) is 0 Å². The molecule has 0 aliphatic carbocycles. The number of nitrogens with zero attached hydrogens (tertiary/aromatic N) is 2. The zero-order chi connectivity index (χ0) is 30.7. The van der Waals surface area contributed by atoms with Gasteiger partial charge in [-0.05, 0) is 46.9 Å². The molecule has 3 aromatic heterocycles. The van der Waals surface area contributed by atoms with Crippen molar-refractivity contribution in [1.82, 2.24) is 9.97 Å². The Hall–Kier alpha value is -4.37. The van der Waals surface area contributed by atoms with Gasteiger partial charge in [0.1, 0.15) is 5.58 Å². The van der Waals surface area contributed by atoms with E-state index in [-0.39, 0.29) is 20.1 Å². The maximum Gasteiger partial charge on any atom is 0.120 e. The van der Waals surface area contributed by atoms with Crippen molar-refractivity contribution in [3.63, 3.8) is 0 Å². The SMILES string of the molecule is [2H]C(C)(C)c1ccnc(-c2[c-]ccc3c2oc2ccccc23)c1.[2H]C(C)(c1ccccc1)c1ccc[c-]c1-c1ccccn1.[Ir]. The van der Waals surface area contributed by atoms with Crippen LogP contribution in [-0.4, -0.2) is 9.97 Å². The molecule has 0 bridgehead atoms. The second-order valence-electron chi connectivity index (χ2n) is 10.3. The van der Waals surface area contributed by atoms with Crippen molar-refractivity contribution in [3.05, 3.63) is 156 Å². The fourth-order valence-corrected chi connectivity index (χ4v) is 5.07. The Labute approximate surface area is 269 Å². The molecule has 7 rings (SSSR count). The first-order valence-corrected chi connectivity index (χ1v) is 14.0. The Kier molecular flexibility index (Phi) is 8.77. The number of furan rings is 1. The molecule has 0 aliphatic heterocycles. The van der Waals surface area contributed by atoms with Crippen LogP contribution in [0, 0.1) is 12.1 Å². The predicted molar refractivity (Wildman–Crippen MR) is 172 cm³/mol. The number of pyridine rings is 2. The van der Waals surface area contributed by atoms with Crippen LogP contribution in [0.15, 0.2) is 132 Å². The van der Waals surface area contributed by atoms with E-state index < -0.39 is 11.8 Å². The van der Waals surface area contributed by atoms with Gasteiger partial charge in [-0.25, -0.2) is 0 Å². The summed E-state index contributed by atoms with van der Waals surface area (Å²) in [6, 6.07) is 43.7. The molecule has 0 spiro atoms. The van der Waals surface area contributed by atoms with Crippen LogP contribution in [0.5, 0.6) is 0 Å². The molecule has 0 amide bonds. The molecule has 3 nitrogen and oxygen atoms in total. The van der Waals surface area contributed by atoms with Crippen molar-refractivity contribution in [3.8, 4) is 22.5 Å². The van der Waals surface area contributed by atoms with Crippen LogP contribution < -0.4 is 0 Å². The zero-order valence-corrected chi connectivity index (χ0v) is 26.7. The number of hydrogen-bond donors (Lipinski definition) is 0. The number of aromatic nitrogens is 2. The summed E-state index contributed by atoms with van der Waals surface area (Å²) in [5.74, 6) is -1.51. The van der Waals surface area contributed by atoms with E-state index in [0.29, 0.717) is 0 Å². The maximum absolute atomic E-state index is 8.85. The minimum atomic E-state index is -0.841. The van der Waals surface area contributed by atoms with Crippen molar-refractivity contribution in [2.45, 2.75) is 32.6 Å². The van der Waals surface area contributed by atoms with Gasteiger partial charge in [0, 0.05) is 40.6 Å². The van der Waals surface area contributed by atoms with E-state index >= 15 is 0 Å². The summed E-state index contributed by atoms with van der Waals surface area (Å²) in [6.45, 7) is 5.66. The Morgan fingerprint density at radius 1 is 0.651 bits per heavy atom. The monoisotopic (exact) mass is 739 g/mol. The van der Waals surface area contributed by atoms with Gasteiger partial charge in [-0.2, -0.15) is 0 Å². The van der Waals surface area contributed by atoms with Crippen molar-refractivity contribution >= 4 is 21.9 Å². The first kappa shape index (κ1) is 27.5. The van der Waals surface area contributed by atoms with E-state index in [0.717, 1.165) is 61.1 Å². The fraction of sp³-hybridized carbons (Fsp3) is 0.128. The standard InChI is InChI=1S/C20H16NO.C19H16N.Ir/c1-13(2)14-10-11-21-18(12-14)17-8-5-7-16-15-6-3-4-9-19(15)22-20(16)17;1-15(16-9-3-2-4-10-16)17-11-5-6-12-18(17)19-13-7-8-14-20-19;/h3-7,9-13H,1-2H3;2-11,13-15H,1H3;/q2*-1;/i13D;15D;. The van der Waals surface area contributed by atoms with Crippen molar-refractivity contribution in [1.29, 1.82) is 0 Å². The quantitative estimate of drug-likeness (QED) is 0.165. The topological polar surface area (TPSA) is 38.9 Å². The van der Waals surface area contributed by atoms with Crippen LogP contribution >= 0.6 is 0 Å². The first-order valence-electron chi connectivity index (χ1n) is 15.0. The number of para-hydroxylation sites is 1. The molecule has 0 saturated heterocycles. The minimum Gasteiger partial charge on any atom is -0.501 e. The molecule has 1 unspecified atom stereocenters. The average Bonchev–Trinajstić information content (AvgIpc) is 3.45. The molecule has 43 heavy (non-hydrogen) atoms. The van der Waals surface area contributed by atoms with E-state index in [1.807, 2.05) is 130 Å². The van der Waals surface area contributed by atoms with Gasteiger partial charge in [-0.3, -0.25) is 0 Å². The van der Waals surface area contributed by atoms with Crippen LogP contribution in [0.25, 0.3) is 44.5 Å². The number of fused-ring (bicyclic) bond motifs is 3. The summed E-state index contributed by atoms with van der Waals surface area (Å²) in [5, 5.41) is 2.15. The average molecular weight is 739 g/mol. The van der Waals surface area contributed by atoms with Crippen molar-refractivity contribution < 1.29 is 27.3 Å². The van der Waals surface area contributed by atoms with E-state index in [1.165, 1.54) is 0 Å². The molecule has 0 saturated carbocycles. The molecule has 0 N–H and O–H groups in total. The van der Waals surface area contributed by atoms with Crippen LogP contribution in [-0.2, 0) is 20.1 Å². The fourth-order valence-electron chi connectivity index (χ4n) is 5.07. The van der Waals surface area contributed by atoms with Gasteiger partial charge in [-0.1, -0.05) is 104 Å². The molecule has 7 aromatic rings. The van der Waals surface area contributed by atoms with E-state index in [2.05, 4.69) is 28.2 Å². The van der Waals surface area contributed by atoms with E-state index in [1.54, 1.807) is 12.4 Å². The van der Waals surface area contributed by atoms with Gasteiger partial charge in [0.2, 0.25) is 0 Å². The molecule has 215 valence electrons. The number of rotatable bonds is 5. The van der Waals surface area contributed by atoms with Gasteiger partial charge in [-0.15, -0.1) is 53.6 Å². The third kappa shape index (κ3) is 6.51. The molecule has 1 atom stereocenters. The maximum atomic E-state index is 8.85. The van der Waals surface area contributed by atoms with Gasteiger partial charge >= 0.3 is 0 Å². The van der Waals surface area contributed by atoms with E-state index in [4.69, 9.17) is 7.16 Å². The molecule has 4 aromatic carbocycles. The molecular weight excluding hydrogens is 705 g/mol.